The first kappa shape index (κ1) is 18.5. The SMILES string of the molecule is NCCC1CCCN(S(=O)(=O)c2ccc(Cl)cc2C(F)(F)F)C1. The molecule has 1 aliphatic rings. The summed E-state index contributed by atoms with van der Waals surface area (Å²) in [5, 5.41) is -0.157. The molecule has 9 heteroatoms. The minimum absolute atomic E-state index is 0.0742. The van der Waals surface area contributed by atoms with Gasteiger partial charge in [0.2, 0.25) is 10.0 Å². The lowest BCUT2D eigenvalue weighted by Gasteiger charge is -2.32. The second kappa shape index (κ2) is 6.96. The normalized spacial score (nSPS) is 20.7. The molecule has 2 N–H and O–H groups in total. The summed E-state index contributed by atoms with van der Waals surface area (Å²) in [6, 6.07) is 2.73. The zero-order valence-electron chi connectivity index (χ0n) is 12.3. The molecule has 0 aromatic heterocycles. The van der Waals surface area contributed by atoms with Crippen LogP contribution >= 0.6 is 11.6 Å². The van der Waals surface area contributed by atoms with E-state index in [1.165, 1.54) is 0 Å². The Balaban J connectivity index is 2.40. The van der Waals surface area contributed by atoms with E-state index in [9.17, 15) is 21.6 Å². The zero-order chi connectivity index (χ0) is 17.3. The largest absolute Gasteiger partial charge is 0.417 e. The van der Waals surface area contributed by atoms with E-state index in [-0.39, 0.29) is 24.0 Å². The van der Waals surface area contributed by atoms with Crippen molar-refractivity contribution in [1.29, 1.82) is 0 Å². The van der Waals surface area contributed by atoms with Gasteiger partial charge in [0.1, 0.15) is 0 Å². The molecule has 0 saturated carbocycles. The van der Waals surface area contributed by atoms with Crippen LogP contribution in [0.15, 0.2) is 23.1 Å². The van der Waals surface area contributed by atoms with Gasteiger partial charge in [0.25, 0.3) is 0 Å². The van der Waals surface area contributed by atoms with E-state index in [0.717, 1.165) is 22.9 Å². The molecule has 1 heterocycles. The number of sulfonamides is 1. The van der Waals surface area contributed by atoms with Crippen LogP contribution in [0.4, 0.5) is 13.2 Å². The Morgan fingerprint density at radius 2 is 2.04 bits per heavy atom. The molecule has 0 aliphatic carbocycles. The Morgan fingerprint density at radius 3 is 2.65 bits per heavy atom. The Kier molecular flexibility index (Phi) is 5.60. The third-order valence-corrected chi connectivity index (χ3v) is 6.08. The summed E-state index contributed by atoms with van der Waals surface area (Å²) >= 11 is 5.60. The maximum absolute atomic E-state index is 13.2. The fraction of sp³-hybridized carbons (Fsp3) is 0.571. The van der Waals surface area contributed by atoms with Crippen LogP contribution in [0.3, 0.4) is 0 Å². The minimum Gasteiger partial charge on any atom is -0.330 e. The smallest absolute Gasteiger partial charge is 0.330 e. The van der Waals surface area contributed by atoms with Crippen molar-refractivity contribution in [1.82, 2.24) is 4.31 Å². The van der Waals surface area contributed by atoms with Crippen molar-refractivity contribution in [3.05, 3.63) is 28.8 Å². The molecule has 1 fully saturated rings. The Hall–Kier alpha value is -0.830. The minimum atomic E-state index is -4.79. The highest BCUT2D eigenvalue weighted by molar-refractivity contribution is 7.89. The van der Waals surface area contributed by atoms with E-state index in [1.807, 2.05) is 0 Å². The van der Waals surface area contributed by atoms with Crippen LogP contribution < -0.4 is 5.73 Å². The number of nitrogens with two attached hydrogens (primary N) is 1. The van der Waals surface area contributed by atoms with Gasteiger partial charge in [0, 0.05) is 18.1 Å². The van der Waals surface area contributed by atoms with Gasteiger partial charge < -0.3 is 5.73 Å². The van der Waals surface area contributed by atoms with Crippen LogP contribution in [0.2, 0.25) is 5.02 Å². The van der Waals surface area contributed by atoms with Crippen molar-refractivity contribution in [3.63, 3.8) is 0 Å². The quantitative estimate of drug-likeness (QED) is 0.885. The van der Waals surface area contributed by atoms with Crippen LogP contribution in [0.25, 0.3) is 0 Å². The molecule has 2 rings (SSSR count). The van der Waals surface area contributed by atoms with E-state index >= 15 is 0 Å². The molecule has 23 heavy (non-hydrogen) atoms. The fourth-order valence-electron chi connectivity index (χ4n) is 2.80. The van der Waals surface area contributed by atoms with Gasteiger partial charge in [-0.05, 0) is 49.9 Å². The molecular formula is C14H18ClF3N2O2S. The average molecular weight is 371 g/mol. The molecule has 0 spiro atoms. The van der Waals surface area contributed by atoms with Crippen molar-refractivity contribution in [3.8, 4) is 0 Å². The summed E-state index contributed by atoms with van der Waals surface area (Å²) in [5.41, 5.74) is 4.26. The Bertz CT molecular complexity index is 662. The van der Waals surface area contributed by atoms with E-state index < -0.39 is 26.7 Å². The molecular weight excluding hydrogens is 353 g/mol. The van der Waals surface area contributed by atoms with Crippen molar-refractivity contribution in [2.45, 2.75) is 30.3 Å². The van der Waals surface area contributed by atoms with Crippen LogP contribution in [0, 0.1) is 5.92 Å². The number of alkyl halides is 3. The molecule has 1 atom stereocenters. The molecule has 130 valence electrons. The Labute approximate surface area is 138 Å². The monoisotopic (exact) mass is 370 g/mol. The van der Waals surface area contributed by atoms with Crippen LogP contribution in [-0.4, -0.2) is 32.4 Å². The molecule has 1 unspecified atom stereocenters. The highest BCUT2D eigenvalue weighted by atomic mass is 35.5. The van der Waals surface area contributed by atoms with Crippen molar-refractivity contribution in [2.75, 3.05) is 19.6 Å². The molecule has 1 aromatic carbocycles. The standard InChI is InChI=1S/C14H18ClF3N2O2S/c15-11-3-4-13(12(8-11)14(16,17)18)23(21,22)20-7-1-2-10(9-20)5-6-19/h3-4,8,10H,1-2,5-7,9,19H2. The molecule has 0 bridgehead atoms. The summed E-state index contributed by atoms with van der Waals surface area (Å²) in [6.45, 7) is 0.829. The highest BCUT2D eigenvalue weighted by Gasteiger charge is 2.40. The first-order chi connectivity index (χ1) is 10.7. The van der Waals surface area contributed by atoms with Gasteiger partial charge in [-0.3, -0.25) is 0 Å². The van der Waals surface area contributed by atoms with Crippen LogP contribution in [0.5, 0.6) is 0 Å². The van der Waals surface area contributed by atoms with E-state index in [4.69, 9.17) is 17.3 Å². The molecule has 1 saturated heterocycles. The lowest BCUT2D eigenvalue weighted by atomic mass is 9.96. The number of piperidine rings is 1. The van der Waals surface area contributed by atoms with Crippen molar-refractivity contribution >= 4 is 21.6 Å². The van der Waals surface area contributed by atoms with Crippen molar-refractivity contribution in [2.24, 2.45) is 11.7 Å². The summed E-state index contributed by atoms with van der Waals surface area (Å²) < 4.78 is 66.0. The first-order valence-electron chi connectivity index (χ1n) is 7.23. The predicted molar refractivity (Wildman–Crippen MR) is 81.6 cm³/mol. The lowest BCUT2D eigenvalue weighted by molar-refractivity contribution is -0.139. The third kappa shape index (κ3) is 4.17. The fourth-order valence-corrected chi connectivity index (χ4v) is 4.72. The second-order valence-corrected chi connectivity index (χ2v) is 7.93. The van der Waals surface area contributed by atoms with Crippen LogP contribution in [-0.2, 0) is 16.2 Å². The van der Waals surface area contributed by atoms with Gasteiger partial charge in [-0.2, -0.15) is 17.5 Å². The number of rotatable bonds is 4. The van der Waals surface area contributed by atoms with Crippen molar-refractivity contribution < 1.29 is 21.6 Å². The van der Waals surface area contributed by atoms with E-state index in [0.29, 0.717) is 25.5 Å². The lowest BCUT2D eigenvalue weighted by Crippen LogP contribution is -2.41. The van der Waals surface area contributed by atoms with Crippen LogP contribution in [0.1, 0.15) is 24.8 Å². The number of benzene rings is 1. The summed E-state index contributed by atoms with van der Waals surface area (Å²) in [6.07, 6.45) is -2.70. The molecule has 1 aliphatic heterocycles. The summed E-state index contributed by atoms with van der Waals surface area (Å²) in [7, 11) is -4.23. The number of hydrogen-bond acceptors (Lipinski definition) is 3. The Morgan fingerprint density at radius 1 is 1.35 bits per heavy atom. The number of hydrogen-bond donors (Lipinski definition) is 1. The molecule has 0 radical (unpaired) electrons. The van der Waals surface area contributed by atoms with E-state index in [1.54, 1.807) is 0 Å². The van der Waals surface area contributed by atoms with Gasteiger partial charge in [-0.25, -0.2) is 8.42 Å². The third-order valence-electron chi connectivity index (χ3n) is 3.92. The van der Waals surface area contributed by atoms with Gasteiger partial charge >= 0.3 is 6.18 Å². The van der Waals surface area contributed by atoms with Gasteiger partial charge in [-0.15, -0.1) is 0 Å². The second-order valence-electron chi connectivity index (χ2n) is 5.59. The summed E-state index contributed by atoms with van der Waals surface area (Å²) in [5.74, 6) is 0.0742. The maximum atomic E-state index is 13.2. The topological polar surface area (TPSA) is 63.4 Å². The molecule has 0 amide bonds. The first-order valence-corrected chi connectivity index (χ1v) is 9.05. The van der Waals surface area contributed by atoms with Gasteiger partial charge in [0.05, 0.1) is 10.5 Å². The summed E-state index contributed by atoms with van der Waals surface area (Å²) in [4.78, 5) is -0.747. The van der Waals surface area contributed by atoms with E-state index in [2.05, 4.69) is 0 Å². The highest BCUT2D eigenvalue weighted by Crippen LogP contribution is 2.37. The zero-order valence-corrected chi connectivity index (χ0v) is 13.9. The number of halogens is 4. The number of nitrogens with zero attached hydrogens (tertiary/aromatic N) is 1. The van der Waals surface area contributed by atoms with Gasteiger partial charge in [0.15, 0.2) is 0 Å². The van der Waals surface area contributed by atoms with Gasteiger partial charge in [-0.1, -0.05) is 11.6 Å². The predicted octanol–water partition coefficient (Wildman–Crippen LogP) is 3.11. The maximum Gasteiger partial charge on any atom is 0.417 e. The average Bonchev–Trinajstić information content (AvgIpc) is 2.46. The molecule has 1 aromatic rings. The molecule has 4 nitrogen and oxygen atoms in total.